The van der Waals surface area contributed by atoms with Gasteiger partial charge in [-0.25, -0.2) is 4.39 Å². The maximum atomic E-state index is 13.4. The minimum absolute atomic E-state index is 0.0741. The van der Waals surface area contributed by atoms with Gasteiger partial charge in [0.15, 0.2) is 0 Å². The molecule has 4 rings (SSSR count). The Morgan fingerprint density at radius 1 is 0.964 bits per heavy atom. The quantitative estimate of drug-likeness (QED) is 0.486. The van der Waals surface area contributed by atoms with Gasteiger partial charge in [0.05, 0.1) is 34.6 Å². The molecule has 0 aliphatic carbocycles. The summed E-state index contributed by atoms with van der Waals surface area (Å²) in [5.74, 6) is 0.526. The van der Waals surface area contributed by atoms with Crippen molar-refractivity contribution in [3.8, 4) is 5.75 Å². The van der Waals surface area contributed by atoms with Gasteiger partial charge in [-0.05, 0) is 65.7 Å². The summed E-state index contributed by atoms with van der Waals surface area (Å²) in [7, 11) is 1.64. The first-order chi connectivity index (χ1) is 13.5. The van der Waals surface area contributed by atoms with E-state index < -0.39 is 0 Å². The van der Waals surface area contributed by atoms with E-state index in [0.717, 1.165) is 28.3 Å². The molecule has 0 spiro atoms. The Labute approximate surface area is 173 Å². The third-order valence-corrected chi connectivity index (χ3v) is 5.50. The normalized spacial score (nSPS) is 16.2. The molecule has 3 nitrogen and oxygen atoms in total. The standard InChI is InChI=1S/C22H17Cl2FN2O/c1-28-18-9-4-14(5-10-18)21-13-22(15-2-6-16(25)7-3-15)27(26-21)17-8-11-19(23)20(24)12-17/h2-12,22H,13H2,1H3/t22-/m1/s1. The maximum absolute atomic E-state index is 13.4. The molecular weight excluding hydrogens is 398 g/mol. The van der Waals surface area contributed by atoms with Gasteiger partial charge >= 0.3 is 0 Å². The van der Waals surface area contributed by atoms with E-state index in [1.54, 1.807) is 31.4 Å². The fourth-order valence-electron chi connectivity index (χ4n) is 3.28. The van der Waals surface area contributed by atoms with Gasteiger partial charge in [0.1, 0.15) is 11.6 Å². The summed E-state index contributed by atoms with van der Waals surface area (Å²) < 4.78 is 18.7. The number of hydrogen-bond donors (Lipinski definition) is 0. The molecule has 0 amide bonds. The summed E-state index contributed by atoms with van der Waals surface area (Å²) in [5.41, 5.74) is 3.74. The van der Waals surface area contributed by atoms with E-state index in [0.29, 0.717) is 16.5 Å². The van der Waals surface area contributed by atoms with Crippen LogP contribution in [0.15, 0.2) is 71.8 Å². The smallest absolute Gasteiger partial charge is 0.123 e. The van der Waals surface area contributed by atoms with Crippen LogP contribution >= 0.6 is 23.2 Å². The highest BCUT2D eigenvalue weighted by Gasteiger charge is 2.30. The van der Waals surface area contributed by atoms with Crippen LogP contribution in [0, 0.1) is 5.82 Å². The third kappa shape index (κ3) is 3.71. The molecule has 1 aliphatic heterocycles. The minimum atomic E-state index is -0.265. The summed E-state index contributed by atoms with van der Waals surface area (Å²) in [4.78, 5) is 0. The predicted octanol–water partition coefficient (Wildman–Crippen LogP) is 6.50. The number of benzene rings is 3. The van der Waals surface area contributed by atoms with Crippen molar-refractivity contribution < 1.29 is 9.13 Å². The Morgan fingerprint density at radius 3 is 2.32 bits per heavy atom. The van der Waals surface area contributed by atoms with Gasteiger partial charge in [-0.1, -0.05) is 35.3 Å². The molecule has 1 atom stereocenters. The van der Waals surface area contributed by atoms with Crippen molar-refractivity contribution in [3.05, 3.63) is 93.7 Å². The second kappa shape index (κ2) is 7.82. The van der Waals surface area contributed by atoms with Crippen molar-refractivity contribution in [2.24, 2.45) is 5.10 Å². The number of rotatable bonds is 4. The van der Waals surface area contributed by atoms with E-state index in [1.807, 2.05) is 35.3 Å². The third-order valence-electron chi connectivity index (χ3n) is 4.76. The number of nitrogens with zero attached hydrogens (tertiary/aromatic N) is 2. The van der Waals surface area contributed by atoms with Crippen LogP contribution in [0.25, 0.3) is 0 Å². The lowest BCUT2D eigenvalue weighted by Gasteiger charge is -2.24. The van der Waals surface area contributed by atoms with Crippen LogP contribution in [-0.2, 0) is 0 Å². The number of methoxy groups -OCH3 is 1. The van der Waals surface area contributed by atoms with E-state index in [4.69, 9.17) is 33.0 Å². The van der Waals surface area contributed by atoms with Gasteiger partial charge in [0.2, 0.25) is 0 Å². The van der Waals surface area contributed by atoms with Crippen molar-refractivity contribution in [2.45, 2.75) is 12.5 Å². The van der Waals surface area contributed by atoms with E-state index >= 15 is 0 Å². The van der Waals surface area contributed by atoms with E-state index in [1.165, 1.54) is 12.1 Å². The molecule has 0 saturated heterocycles. The molecule has 0 N–H and O–H groups in total. The number of ether oxygens (including phenoxy) is 1. The summed E-state index contributed by atoms with van der Waals surface area (Å²) in [5, 5.41) is 7.71. The first-order valence-corrected chi connectivity index (χ1v) is 9.52. The molecule has 1 heterocycles. The van der Waals surface area contributed by atoms with Gasteiger partial charge in [-0.2, -0.15) is 5.10 Å². The molecular formula is C22H17Cl2FN2O. The number of hydrazone groups is 1. The van der Waals surface area contributed by atoms with Crippen LogP contribution in [0.5, 0.6) is 5.75 Å². The van der Waals surface area contributed by atoms with Crippen LogP contribution in [0.1, 0.15) is 23.6 Å². The highest BCUT2D eigenvalue weighted by Crippen LogP contribution is 2.38. The van der Waals surface area contributed by atoms with Gasteiger partial charge < -0.3 is 4.74 Å². The molecule has 28 heavy (non-hydrogen) atoms. The van der Waals surface area contributed by atoms with Crippen LogP contribution < -0.4 is 9.75 Å². The van der Waals surface area contributed by atoms with E-state index in [9.17, 15) is 4.39 Å². The zero-order chi connectivity index (χ0) is 19.7. The van der Waals surface area contributed by atoms with Crippen molar-refractivity contribution in [1.82, 2.24) is 0 Å². The minimum Gasteiger partial charge on any atom is -0.497 e. The largest absolute Gasteiger partial charge is 0.497 e. The van der Waals surface area contributed by atoms with Crippen molar-refractivity contribution in [3.63, 3.8) is 0 Å². The van der Waals surface area contributed by atoms with E-state index in [2.05, 4.69) is 0 Å². The summed E-state index contributed by atoms with van der Waals surface area (Å²) >= 11 is 12.3. The van der Waals surface area contributed by atoms with Gasteiger partial charge in [-0.3, -0.25) is 5.01 Å². The van der Waals surface area contributed by atoms with E-state index in [-0.39, 0.29) is 11.9 Å². The fraction of sp³-hybridized carbons (Fsp3) is 0.136. The second-order valence-electron chi connectivity index (χ2n) is 6.49. The summed E-state index contributed by atoms with van der Waals surface area (Å²) in [6.45, 7) is 0. The molecule has 142 valence electrons. The lowest BCUT2D eigenvalue weighted by molar-refractivity contribution is 0.415. The highest BCUT2D eigenvalue weighted by atomic mass is 35.5. The predicted molar refractivity (Wildman–Crippen MR) is 112 cm³/mol. The lowest BCUT2D eigenvalue weighted by Crippen LogP contribution is -2.18. The summed E-state index contributed by atoms with van der Waals surface area (Å²) in [6, 6.07) is 19.6. The molecule has 0 saturated carbocycles. The molecule has 0 aromatic heterocycles. The monoisotopic (exact) mass is 414 g/mol. The Balaban J connectivity index is 1.74. The average Bonchev–Trinajstić information content (AvgIpc) is 3.16. The number of halogens is 3. The number of anilines is 1. The van der Waals surface area contributed by atoms with Crippen LogP contribution in [0.3, 0.4) is 0 Å². The van der Waals surface area contributed by atoms with Gasteiger partial charge in [0.25, 0.3) is 0 Å². The molecule has 0 bridgehead atoms. The van der Waals surface area contributed by atoms with Crippen LogP contribution in [-0.4, -0.2) is 12.8 Å². The van der Waals surface area contributed by atoms with Crippen molar-refractivity contribution >= 4 is 34.6 Å². The zero-order valence-electron chi connectivity index (χ0n) is 15.1. The second-order valence-corrected chi connectivity index (χ2v) is 7.30. The van der Waals surface area contributed by atoms with Crippen LogP contribution in [0.4, 0.5) is 10.1 Å². The molecule has 6 heteroatoms. The molecule has 3 aromatic carbocycles. The molecule has 3 aromatic rings. The topological polar surface area (TPSA) is 24.8 Å². The highest BCUT2D eigenvalue weighted by molar-refractivity contribution is 6.42. The maximum Gasteiger partial charge on any atom is 0.123 e. The van der Waals surface area contributed by atoms with Crippen LogP contribution in [0.2, 0.25) is 10.0 Å². The SMILES string of the molecule is COc1ccc(C2=NN(c3ccc(Cl)c(Cl)c3)[C@@H](c3ccc(F)cc3)C2)cc1. The molecule has 0 radical (unpaired) electrons. The Morgan fingerprint density at radius 2 is 1.68 bits per heavy atom. The Bertz CT molecular complexity index is 1020. The first-order valence-electron chi connectivity index (χ1n) is 8.77. The Kier molecular flexibility index (Phi) is 5.25. The van der Waals surface area contributed by atoms with Gasteiger partial charge in [-0.15, -0.1) is 0 Å². The fourth-order valence-corrected chi connectivity index (χ4v) is 3.57. The zero-order valence-corrected chi connectivity index (χ0v) is 16.6. The number of hydrogen-bond acceptors (Lipinski definition) is 3. The van der Waals surface area contributed by atoms with Crippen molar-refractivity contribution in [1.29, 1.82) is 0 Å². The van der Waals surface area contributed by atoms with Gasteiger partial charge in [0, 0.05) is 6.42 Å². The Hall–Kier alpha value is -2.56. The van der Waals surface area contributed by atoms with Crippen molar-refractivity contribution in [2.75, 3.05) is 12.1 Å². The molecule has 0 fully saturated rings. The summed E-state index contributed by atoms with van der Waals surface area (Å²) in [6.07, 6.45) is 0.679. The first kappa shape index (κ1) is 18.8. The average molecular weight is 415 g/mol. The molecule has 1 aliphatic rings. The lowest BCUT2D eigenvalue weighted by atomic mass is 9.98. The molecule has 0 unspecified atom stereocenters.